The molecule has 3 aromatic rings. The molecule has 0 aromatic heterocycles. The highest BCUT2D eigenvalue weighted by molar-refractivity contribution is 5.73. The topological polar surface area (TPSA) is 83.5 Å². The number of hydrogen-bond acceptors (Lipinski definition) is 7. The summed E-state index contributed by atoms with van der Waals surface area (Å²) in [5.41, 5.74) is 3.11. The molecular formula is C35H40O7. The molecule has 2 unspecified atom stereocenters. The molecule has 0 fully saturated rings. The van der Waals surface area contributed by atoms with Crippen molar-refractivity contribution in [2.75, 3.05) is 13.7 Å². The maximum Gasteiger partial charge on any atom is 0.376 e. The second-order valence-electron chi connectivity index (χ2n) is 10.2. The average Bonchev–Trinajstić information content (AvgIpc) is 2.97. The molecule has 42 heavy (non-hydrogen) atoms. The van der Waals surface area contributed by atoms with Crippen LogP contribution in [0.2, 0.25) is 0 Å². The second-order valence-corrected chi connectivity index (χ2v) is 10.2. The Balaban J connectivity index is 1.48. The van der Waals surface area contributed by atoms with Crippen molar-refractivity contribution in [1.82, 2.24) is 0 Å². The minimum Gasteiger partial charge on any atom is -0.455 e. The molecule has 0 bridgehead atoms. The summed E-state index contributed by atoms with van der Waals surface area (Å²) in [7, 11) is 1.54. The Morgan fingerprint density at radius 2 is 1.38 bits per heavy atom. The lowest BCUT2D eigenvalue weighted by molar-refractivity contribution is -0.319. The molecule has 0 aliphatic rings. The molecule has 0 aliphatic carbocycles. The van der Waals surface area contributed by atoms with E-state index >= 15 is 0 Å². The fourth-order valence-corrected chi connectivity index (χ4v) is 4.04. The van der Waals surface area contributed by atoms with Gasteiger partial charge in [0.2, 0.25) is 0 Å². The van der Waals surface area contributed by atoms with E-state index in [2.05, 4.69) is 6.58 Å². The number of methoxy groups -OCH3 is 1. The second kappa shape index (κ2) is 15.2. The molecule has 1 N–H and O–H groups in total. The van der Waals surface area contributed by atoms with Crippen molar-refractivity contribution in [1.29, 1.82) is 0 Å². The lowest BCUT2D eigenvalue weighted by Gasteiger charge is -2.28. The van der Waals surface area contributed by atoms with Crippen molar-refractivity contribution in [2.24, 2.45) is 0 Å². The molecule has 0 saturated heterocycles. The molecule has 0 saturated carbocycles. The first kappa shape index (κ1) is 32.3. The molecule has 0 amide bonds. The van der Waals surface area contributed by atoms with Crippen LogP contribution in [0.15, 0.2) is 91.5 Å². The number of aliphatic hydroxyl groups excluding tert-OH is 1. The summed E-state index contributed by atoms with van der Waals surface area (Å²) >= 11 is 0. The Kier molecular flexibility index (Phi) is 11.7. The Labute approximate surface area is 248 Å². The van der Waals surface area contributed by atoms with Crippen LogP contribution < -0.4 is 9.47 Å². The van der Waals surface area contributed by atoms with Crippen molar-refractivity contribution < 1.29 is 33.6 Å². The van der Waals surface area contributed by atoms with E-state index in [9.17, 15) is 9.90 Å². The van der Waals surface area contributed by atoms with Gasteiger partial charge in [0.15, 0.2) is 0 Å². The van der Waals surface area contributed by atoms with E-state index in [1.165, 1.54) is 7.11 Å². The highest BCUT2D eigenvalue weighted by atomic mass is 16.9. The minimum atomic E-state index is -1.74. The third kappa shape index (κ3) is 10.3. The zero-order chi connectivity index (χ0) is 30.6. The molecule has 222 valence electrons. The first-order valence-corrected chi connectivity index (χ1v) is 13.8. The fraction of sp³-hybridized carbons (Fsp3) is 0.286. The van der Waals surface area contributed by atoms with Gasteiger partial charge in [-0.05, 0) is 67.3 Å². The molecule has 7 nitrogen and oxygen atoms in total. The van der Waals surface area contributed by atoms with Gasteiger partial charge in [0.1, 0.15) is 17.1 Å². The van der Waals surface area contributed by atoms with E-state index in [1.807, 2.05) is 91.9 Å². The summed E-state index contributed by atoms with van der Waals surface area (Å²) < 4.78 is 27.5. The van der Waals surface area contributed by atoms with Crippen LogP contribution in [-0.2, 0) is 25.4 Å². The van der Waals surface area contributed by atoms with Crippen LogP contribution in [-0.4, -0.2) is 42.7 Å². The smallest absolute Gasteiger partial charge is 0.376 e. The van der Waals surface area contributed by atoms with Crippen LogP contribution in [0.3, 0.4) is 0 Å². The number of ether oxygens (including phenoxy) is 5. The Bertz CT molecular complexity index is 1340. The molecule has 2 atom stereocenters. The summed E-state index contributed by atoms with van der Waals surface area (Å²) in [4.78, 5) is 12.5. The maximum atomic E-state index is 12.5. The van der Waals surface area contributed by atoms with E-state index in [4.69, 9.17) is 23.7 Å². The van der Waals surface area contributed by atoms with Crippen LogP contribution in [0.5, 0.6) is 11.5 Å². The standard InChI is InChI=1S/C35H40O7/c1-7-26-13-15-29(16-14-26)25-34(3,4)42-33(37)32(36)40-30-21-17-27(18-22-30)11-9-10-12-28-19-23-31(24-20-28)41-35(5,38-6)39-8-2/h7,9-24,32,36H,1,8,25H2,2-6H3. The number of carbonyl (C=O) groups is 1. The lowest BCUT2D eigenvalue weighted by atomic mass is 9.97. The summed E-state index contributed by atoms with van der Waals surface area (Å²) in [6, 6.07) is 22.4. The zero-order valence-electron chi connectivity index (χ0n) is 24.9. The normalized spacial score (nSPS) is 14.0. The highest BCUT2D eigenvalue weighted by Gasteiger charge is 2.29. The molecule has 0 aliphatic heterocycles. The van der Waals surface area contributed by atoms with Gasteiger partial charge in [-0.2, -0.15) is 0 Å². The molecule has 3 aromatic carbocycles. The lowest BCUT2D eigenvalue weighted by Crippen LogP contribution is -2.38. The van der Waals surface area contributed by atoms with Crippen molar-refractivity contribution >= 4 is 24.2 Å². The van der Waals surface area contributed by atoms with Crippen molar-refractivity contribution in [3.63, 3.8) is 0 Å². The van der Waals surface area contributed by atoms with Gasteiger partial charge in [-0.1, -0.05) is 85.5 Å². The van der Waals surface area contributed by atoms with Gasteiger partial charge in [-0.15, -0.1) is 0 Å². The van der Waals surface area contributed by atoms with Crippen LogP contribution >= 0.6 is 0 Å². The predicted molar refractivity (Wildman–Crippen MR) is 166 cm³/mol. The summed E-state index contributed by atoms with van der Waals surface area (Å²) in [6.07, 6.45) is 8.25. The molecule has 0 spiro atoms. The number of aliphatic hydroxyl groups is 1. The quantitative estimate of drug-likeness (QED) is 0.119. The van der Waals surface area contributed by atoms with Crippen molar-refractivity contribution in [2.45, 2.75) is 52.0 Å². The van der Waals surface area contributed by atoms with Crippen molar-refractivity contribution in [3.05, 3.63) is 114 Å². The molecule has 0 radical (unpaired) electrons. The molecule has 3 rings (SSSR count). The summed E-state index contributed by atoms with van der Waals surface area (Å²) in [5, 5.41) is 10.3. The van der Waals surface area contributed by atoms with E-state index in [0.717, 1.165) is 22.3 Å². The average molecular weight is 573 g/mol. The first-order chi connectivity index (χ1) is 20.0. The van der Waals surface area contributed by atoms with Gasteiger partial charge >= 0.3 is 11.9 Å². The van der Waals surface area contributed by atoms with Crippen molar-refractivity contribution in [3.8, 4) is 11.5 Å². The number of rotatable bonds is 15. The minimum absolute atomic E-state index is 0.348. The summed E-state index contributed by atoms with van der Waals surface area (Å²) in [5.74, 6) is -0.994. The highest BCUT2D eigenvalue weighted by Crippen LogP contribution is 2.22. The molecular weight excluding hydrogens is 532 g/mol. The van der Waals surface area contributed by atoms with Gasteiger partial charge < -0.3 is 28.8 Å². The van der Waals surface area contributed by atoms with Crippen LogP contribution in [0.1, 0.15) is 49.9 Å². The molecule has 7 heteroatoms. The van der Waals surface area contributed by atoms with Crippen LogP contribution in [0, 0.1) is 0 Å². The Hall–Kier alpha value is -4.17. The molecule has 0 heterocycles. The van der Waals surface area contributed by atoms with Gasteiger partial charge in [0.25, 0.3) is 6.29 Å². The summed E-state index contributed by atoms with van der Waals surface area (Å²) in [6.45, 7) is 11.4. The maximum absolute atomic E-state index is 12.5. The van der Waals surface area contributed by atoms with E-state index in [1.54, 1.807) is 39.0 Å². The monoisotopic (exact) mass is 572 g/mol. The number of carbonyl (C=O) groups excluding carboxylic acids is 1. The first-order valence-electron chi connectivity index (χ1n) is 13.8. The van der Waals surface area contributed by atoms with Gasteiger partial charge in [0.05, 0.1) is 6.61 Å². The number of esters is 1. The van der Waals surface area contributed by atoms with Crippen LogP contribution in [0.25, 0.3) is 18.2 Å². The van der Waals surface area contributed by atoms with E-state index in [0.29, 0.717) is 24.5 Å². The van der Waals surface area contributed by atoms with Gasteiger partial charge in [0, 0.05) is 20.5 Å². The van der Waals surface area contributed by atoms with Gasteiger partial charge in [-0.25, -0.2) is 4.79 Å². The predicted octanol–water partition coefficient (Wildman–Crippen LogP) is 7.05. The van der Waals surface area contributed by atoms with E-state index < -0.39 is 23.8 Å². The Morgan fingerprint density at radius 1 is 0.857 bits per heavy atom. The SMILES string of the molecule is C=Cc1ccc(CC(C)(C)OC(=O)C(O)Oc2ccc(C=CC=Cc3ccc(OC(C)(OC)OCC)cc3)cc2)cc1. The Morgan fingerprint density at radius 3 is 1.88 bits per heavy atom. The number of benzene rings is 3. The van der Waals surface area contributed by atoms with Crippen LogP contribution in [0.4, 0.5) is 0 Å². The fourth-order valence-electron chi connectivity index (χ4n) is 4.04. The van der Waals surface area contributed by atoms with Gasteiger partial charge in [-0.3, -0.25) is 0 Å². The zero-order valence-corrected chi connectivity index (χ0v) is 24.9. The third-order valence-corrected chi connectivity index (χ3v) is 6.20. The number of hydrogen-bond donors (Lipinski definition) is 1. The third-order valence-electron chi connectivity index (χ3n) is 6.20. The van der Waals surface area contributed by atoms with E-state index in [-0.39, 0.29) is 0 Å². The largest absolute Gasteiger partial charge is 0.455 e. The number of allylic oxidation sites excluding steroid dienone is 2.